The molecule has 0 unspecified atom stereocenters. The fraction of sp³-hybridized carbons (Fsp3) is 0.133. The van der Waals surface area contributed by atoms with Crippen LogP contribution < -0.4 is 14.9 Å². The SMILES string of the molecule is COc1c(Cl)cc(C=NNc2ccc(Cl)c(Cl)c2)c(OC)c1Cl. The number of ether oxygens (including phenoxy) is 2. The Kier molecular flexibility index (Phi) is 6.25. The number of methoxy groups -OCH3 is 2. The lowest BCUT2D eigenvalue weighted by Gasteiger charge is -2.12. The molecule has 2 aromatic rings. The standard InChI is InChI=1S/C15H12Cl4N2O2/c1-22-14-8(5-12(18)15(23-2)13(14)19)7-20-21-9-3-4-10(16)11(17)6-9/h3-7,21H,1-2H3. The number of nitrogens with one attached hydrogen (secondary N) is 1. The second-order valence-electron chi connectivity index (χ2n) is 4.33. The Balaban J connectivity index is 2.26. The molecule has 0 aliphatic rings. The molecule has 2 rings (SSSR count). The maximum atomic E-state index is 6.20. The Hall–Kier alpha value is -1.33. The molecule has 1 N–H and O–H groups in total. The van der Waals surface area contributed by atoms with E-state index in [0.29, 0.717) is 37.8 Å². The number of hydrogen-bond acceptors (Lipinski definition) is 4. The number of rotatable bonds is 5. The second-order valence-corrected chi connectivity index (χ2v) is 5.93. The quantitative estimate of drug-likeness (QED) is 0.518. The van der Waals surface area contributed by atoms with Crippen LogP contribution in [0.15, 0.2) is 29.4 Å². The molecule has 0 heterocycles. The predicted octanol–water partition coefficient (Wildman–Crippen LogP) is 5.76. The fourth-order valence-electron chi connectivity index (χ4n) is 1.83. The number of nitrogens with zero attached hydrogens (tertiary/aromatic N) is 1. The summed E-state index contributed by atoms with van der Waals surface area (Å²) in [5.41, 5.74) is 4.11. The summed E-state index contributed by atoms with van der Waals surface area (Å²) >= 11 is 24.1. The molecule has 0 fully saturated rings. The van der Waals surface area contributed by atoms with Gasteiger partial charge < -0.3 is 9.47 Å². The van der Waals surface area contributed by atoms with E-state index in [-0.39, 0.29) is 5.02 Å². The van der Waals surface area contributed by atoms with Crippen molar-refractivity contribution in [2.75, 3.05) is 19.6 Å². The van der Waals surface area contributed by atoms with Crippen LogP contribution in [0.3, 0.4) is 0 Å². The van der Waals surface area contributed by atoms with Gasteiger partial charge in [-0.1, -0.05) is 46.4 Å². The summed E-state index contributed by atoms with van der Waals surface area (Å²) in [6, 6.07) is 6.72. The maximum absolute atomic E-state index is 6.20. The third kappa shape index (κ3) is 4.15. The molecule has 4 nitrogen and oxygen atoms in total. The molecule has 0 bridgehead atoms. The summed E-state index contributed by atoms with van der Waals surface area (Å²) in [4.78, 5) is 0. The molecular weight excluding hydrogens is 382 g/mol. The van der Waals surface area contributed by atoms with E-state index in [1.54, 1.807) is 24.3 Å². The lowest BCUT2D eigenvalue weighted by molar-refractivity contribution is 0.394. The molecule has 0 saturated heterocycles. The van der Waals surface area contributed by atoms with Gasteiger partial charge in [-0.05, 0) is 24.3 Å². The molecule has 23 heavy (non-hydrogen) atoms. The zero-order valence-electron chi connectivity index (χ0n) is 12.2. The Morgan fingerprint density at radius 2 is 1.61 bits per heavy atom. The predicted molar refractivity (Wildman–Crippen MR) is 97.2 cm³/mol. The van der Waals surface area contributed by atoms with Crippen molar-refractivity contribution in [3.8, 4) is 11.5 Å². The Morgan fingerprint density at radius 1 is 0.913 bits per heavy atom. The largest absolute Gasteiger partial charge is 0.494 e. The van der Waals surface area contributed by atoms with Crippen LogP contribution in [0.2, 0.25) is 20.1 Å². The van der Waals surface area contributed by atoms with Crippen molar-refractivity contribution in [3.63, 3.8) is 0 Å². The minimum Gasteiger partial charge on any atom is -0.494 e. The summed E-state index contributed by atoms with van der Waals surface area (Å²) in [6.45, 7) is 0. The van der Waals surface area contributed by atoms with Gasteiger partial charge >= 0.3 is 0 Å². The van der Waals surface area contributed by atoms with Crippen LogP contribution in [0.4, 0.5) is 5.69 Å². The normalized spacial score (nSPS) is 10.9. The van der Waals surface area contributed by atoms with Crippen molar-refractivity contribution in [3.05, 3.63) is 49.9 Å². The van der Waals surface area contributed by atoms with E-state index in [1.807, 2.05) is 0 Å². The van der Waals surface area contributed by atoms with Gasteiger partial charge in [0.1, 0.15) is 10.8 Å². The van der Waals surface area contributed by atoms with Crippen LogP contribution in [-0.4, -0.2) is 20.4 Å². The van der Waals surface area contributed by atoms with Gasteiger partial charge in [0.15, 0.2) is 5.75 Å². The third-order valence-corrected chi connectivity index (χ3v) is 4.25. The smallest absolute Gasteiger partial charge is 0.159 e. The van der Waals surface area contributed by atoms with E-state index in [4.69, 9.17) is 55.9 Å². The molecule has 0 aliphatic carbocycles. The fourth-order valence-corrected chi connectivity index (χ4v) is 2.84. The number of hydrazone groups is 1. The lowest BCUT2D eigenvalue weighted by atomic mass is 10.2. The van der Waals surface area contributed by atoms with Crippen LogP contribution in [0.1, 0.15) is 5.56 Å². The molecule has 0 atom stereocenters. The van der Waals surface area contributed by atoms with Gasteiger partial charge in [-0.15, -0.1) is 0 Å². The van der Waals surface area contributed by atoms with E-state index >= 15 is 0 Å². The van der Waals surface area contributed by atoms with Gasteiger partial charge in [0.2, 0.25) is 0 Å². The molecule has 0 amide bonds. The third-order valence-electron chi connectivity index (χ3n) is 2.89. The van der Waals surface area contributed by atoms with E-state index in [2.05, 4.69) is 10.5 Å². The maximum Gasteiger partial charge on any atom is 0.159 e. The average molecular weight is 394 g/mol. The van der Waals surface area contributed by atoms with Gasteiger partial charge in [-0.2, -0.15) is 5.10 Å². The van der Waals surface area contributed by atoms with Gasteiger partial charge in [0.05, 0.1) is 41.2 Å². The lowest BCUT2D eigenvalue weighted by Crippen LogP contribution is -1.97. The molecule has 0 saturated carbocycles. The monoisotopic (exact) mass is 392 g/mol. The first-order chi connectivity index (χ1) is 11.0. The number of halogens is 4. The Morgan fingerprint density at radius 3 is 2.22 bits per heavy atom. The molecule has 2 aromatic carbocycles. The van der Waals surface area contributed by atoms with E-state index in [1.165, 1.54) is 20.4 Å². The zero-order valence-corrected chi connectivity index (χ0v) is 15.2. The summed E-state index contributed by atoms with van der Waals surface area (Å²) in [5.74, 6) is 0.757. The van der Waals surface area contributed by atoms with E-state index in [9.17, 15) is 0 Å². The molecule has 0 aliphatic heterocycles. The topological polar surface area (TPSA) is 42.8 Å². The van der Waals surface area contributed by atoms with Crippen LogP contribution in [-0.2, 0) is 0 Å². The first-order valence-corrected chi connectivity index (χ1v) is 7.83. The zero-order chi connectivity index (χ0) is 17.0. The van der Waals surface area contributed by atoms with E-state index in [0.717, 1.165) is 0 Å². The summed E-state index contributed by atoms with van der Waals surface area (Å²) in [6.07, 6.45) is 1.53. The van der Waals surface area contributed by atoms with Crippen LogP contribution in [0, 0.1) is 0 Å². The summed E-state index contributed by atoms with van der Waals surface area (Å²) < 4.78 is 10.4. The van der Waals surface area contributed by atoms with Crippen LogP contribution >= 0.6 is 46.4 Å². The molecule has 0 radical (unpaired) electrons. The summed E-state index contributed by atoms with van der Waals surface area (Å²) in [5, 5.41) is 5.65. The van der Waals surface area contributed by atoms with E-state index < -0.39 is 0 Å². The first kappa shape index (κ1) is 18.0. The van der Waals surface area contributed by atoms with Crippen molar-refractivity contribution in [2.45, 2.75) is 0 Å². The Bertz CT molecular complexity index is 751. The minimum absolute atomic E-state index is 0.276. The first-order valence-electron chi connectivity index (χ1n) is 6.32. The van der Waals surface area contributed by atoms with Crippen LogP contribution in [0.5, 0.6) is 11.5 Å². The highest BCUT2D eigenvalue weighted by atomic mass is 35.5. The average Bonchev–Trinajstić information content (AvgIpc) is 2.51. The summed E-state index contributed by atoms with van der Waals surface area (Å²) in [7, 11) is 2.98. The van der Waals surface area contributed by atoms with Crippen molar-refractivity contribution in [2.24, 2.45) is 5.10 Å². The number of hydrogen-bond donors (Lipinski definition) is 1. The molecular formula is C15H12Cl4N2O2. The van der Waals surface area contributed by atoms with Crippen LogP contribution in [0.25, 0.3) is 0 Å². The minimum atomic E-state index is 0.276. The van der Waals surface area contributed by atoms with Gasteiger partial charge in [-0.3, -0.25) is 5.43 Å². The van der Waals surface area contributed by atoms with Crippen molar-refractivity contribution >= 4 is 58.3 Å². The van der Waals surface area contributed by atoms with Crippen molar-refractivity contribution in [1.82, 2.24) is 0 Å². The highest BCUT2D eigenvalue weighted by molar-refractivity contribution is 6.42. The molecule has 0 aromatic heterocycles. The molecule has 0 spiro atoms. The second kappa shape index (κ2) is 7.97. The van der Waals surface area contributed by atoms with Crippen molar-refractivity contribution in [1.29, 1.82) is 0 Å². The number of benzene rings is 2. The van der Waals surface area contributed by atoms with Gasteiger partial charge in [0.25, 0.3) is 0 Å². The van der Waals surface area contributed by atoms with Crippen molar-refractivity contribution < 1.29 is 9.47 Å². The number of anilines is 1. The Labute approximate surface area is 153 Å². The highest BCUT2D eigenvalue weighted by Crippen LogP contribution is 2.41. The highest BCUT2D eigenvalue weighted by Gasteiger charge is 2.16. The molecule has 8 heteroatoms. The van der Waals surface area contributed by atoms with Gasteiger partial charge in [-0.25, -0.2) is 0 Å². The molecule has 122 valence electrons. The van der Waals surface area contributed by atoms with Gasteiger partial charge in [0, 0.05) is 5.56 Å².